The molecule has 0 aliphatic heterocycles. The van der Waals surface area contributed by atoms with E-state index in [9.17, 15) is 4.79 Å². The molecule has 0 unspecified atom stereocenters. The van der Waals surface area contributed by atoms with Gasteiger partial charge in [0.05, 0.1) is 6.54 Å². The van der Waals surface area contributed by atoms with Crippen LogP contribution in [0, 0.1) is 20.8 Å². The van der Waals surface area contributed by atoms with E-state index in [-0.39, 0.29) is 4.87 Å². The van der Waals surface area contributed by atoms with Gasteiger partial charge in [0.2, 0.25) is 0 Å². The predicted octanol–water partition coefficient (Wildman–Crippen LogP) is 2.52. The second-order valence-electron chi connectivity index (χ2n) is 4.60. The maximum Gasteiger partial charge on any atom is 0.307 e. The van der Waals surface area contributed by atoms with Crippen molar-refractivity contribution in [3.8, 4) is 0 Å². The Balaban J connectivity index is 2.39. The molecule has 2 N–H and O–H groups in total. The molecule has 2 aromatic rings. The SMILES string of the molecule is Cc1cc(C(N)=S)ccc1Cn1c(C)c(C)sc1=O. The van der Waals surface area contributed by atoms with E-state index >= 15 is 0 Å². The zero-order valence-electron chi connectivity index (χ0n) is 11.2. The molecule has 0 saturated heterocycles. The number of hydrogen-bond donors (Lipinski definition) is 1. The first-order valence-corrected chi connectivity index (χ1v) is 7.18. The first-order valence-electron chi connectivity index (χ1n) is 5.96. The van der Waals surface area contributed by atoms with Crippen LogP contribution in [0.2, 0.25) is 0 Å². The Labute approximate surface area is 121 Å². The molecular weight excluding hydrogens is 276 g/mol. The minimum Gasteiger partial charge on any atom is -0.389 e. The van der Waals surface area contributed by atoms with Gasteiger partial charge < -0.3 is 5.73 Å². The Morgan fingerprint density at radius 3 is 2.53 bits per heavy atom. The molecule has 19 heavy (non-hydrogen) atoms. The molecule has 5 heteroatoms. The molecule has 0 fully saturated rings. The van der Waals surface area contributed by atoms with Crippen LogP contribution < -0.4 is 10.6 Å². The summed E-state index contributed by atoms with van der Waals surface area (Å²) in [4.78, 5) is 13.5. The predicted molar refractivity (Wildman–Crippen MR) is 84.2 cm³/mol. The standard InChI is InChI=1S/C14H16N2OS2/c1-8-6-11(13(15)18)4-5-12(8)7-16-9(2)10(3)19-14(16)17/h4-6H,7H2,1-3H3,(H2,15,18). The Hall–Kier alpha value is -1.46. The molecule has 1 aromatic carbocycles. The van der Waals surface area contributed by atoms with Crippen LogP contribution >= 0.6 is 23.6 Å². The first-order chi connectivity index (χ1) is 8.90. The van der Waals surface area contributed by atoms with Crippen molar-refractivity contribution in [3.63, 3.8) is 0 Å². The van der Waals surface area contributed by atoms with Crippen molar-refractivity contribution in [1.82, 2.24) is 4.57 Å². The van der Waals surface area contributed by atoms with Gasteiger partial charge in [0, 0.05) is 16.1 Å². The minimum atomic E-state index is 0.0906. The van der Waals surface area contributed by atoms with Crippen molar-refractivity contribution in [2.45, 2.75) is 27.3 Å². The monoisotopic (exact) mass is 292 g/mol. The van der Waals surface area contributed by atoms with Crippen molar-refractivity contribution < 1.29 is 0 Å². The van der Waals surface area contributed by atoms with E-state index < -0.39 is 0 Å². The number of benzene rings is 1. The lowest BCUT2D eigenvalue weighted by molar-refractivity contribution is 0.747. The Morgan fingerprint density at radius 2 is 2.05 bits per heavy atom. The van der Waals surface area contributed by atoms with Gasteiger partial charge in [-0.2, -0.15) is 0 Å². The number of thiocarbonyl (C=S) groups is 1. The summed E-state index contributed by atoms with van der Waals surface area (Å²) in [5, 5.41) is 0. The van der Waals surface area contributed by atoms with Crippen LogP contribution in [0.4, 0.5) is 0 Å². The van der Waals surface area contributed by atoms with Crippen molar-refractivity contribution in [1.29, 1.82) is 0 Å². The lowest BCUT2D eigenvalue weighted by atomic mass is 10.0. The zero-order valence-corrected chi connectivity index (χ0v) is 12.8. The molecule has 0 bridgehead atoms. The van der Waals surface area contributed by atoms with E-state index in [0.29, 0.717) is 11.5 Å². The summed E-state index contributed by atoms with van der Waals surface area (Å²) in [5.74, 6) is 0. The maximum atomic E-state index is 11.9. The molecule has 1 aromatic heterocycles. The summed E-state index contributed by atoms with van der Waals surface area (Å²) in [6, 6.07) is 5.87. The number of aromatic nitrogens is 1. The van der Waals surface area contributed by atoms with Gasteiger partial charge in [-0.15, -0.1) is 0 Å². The van der Waals surface area contributed by atoms with Gasteiger partial charge in [0.1, 0.15) is 4.99 Å². The van der Waals surface area contributed by atoms with Crippen molar-refractivity contribution in [2.24, 2.45) is 5.73 Å². The largest absolute Gasteiger partial charge is 0.389 e. The number of nitrogens with zero attached hydrogens (tertiary/aromatic N) is 1. The lowest BCUT2D eigenvalue weighted by Gasteiger charge is -2.10. The molecule has 0 amide bonds. The van der Waals surface area contributed by atoms with Gasteiger partial charge >= 0.3 is 4.87 Å². The second kappa shape index (κ2) is 5.27. The third-order valence-corrected chi connectivity index (χ3v) is 4.56. The number of hydrogen-bond acceptors (Lipinski definition) is 3. The summed E-state index contributed by atoms with van der Waals surface area (Å²) in [7, 11) is 0. The van der Waals surface area contributed by atoms with Gasteiger partial charge in [-0.05, 0) is 38.0 Å². The first kappa shape index (κ1) is 14.0. The summed E-state index contributed by atoms with van der Waals surface area (Å²) in [6.07, 6.45) is 0. The van der Waals surface area contributed by atoms with Crippen LogP contribution in [0.5, 0.6) is 0 Å². The molecule has 0 aliphatic rings. The smallest absolute Gasteiger partial charge is 0.307 e. The summed E-state index contributed by atoms with van der Waals surface area (Å²) >= 11 is 6.26. The van der Waals surface area contributed by atoms with Crippen LogP contribution in [0.15, 0.2) is 23.0 Å². The molecule has 0 atom stereocenters. The Kier molecular flexibility index (Phi) is 3.87. The maximum absolute atomic E-state index is 11.9. The number of nitrogens with two attached hydrogens (primary N) is 1. The normalized spacial score (nSPS) is 10.7. The molecule has 0 spiro atoms. The summed E-state index contributed by atoms with van der Waals surface area (Å²) < 4.78 is 1.81. The fourth-order valence-corrected chi connectivity index (χ4v) is 2.93. The highest BCUT2D eigenvalue weighted by atomic mass is 32.1. The van der Waals surface area contributed by atoms with E-state index in [1.165, 1.54) is 11.3 Å². The van der Waals surface area contributed by atoms with Crippen LogP contribution in [0.1, 0.15) is 27.3 Å². The molecule has 100 valence electrons. The van der Waals surface area contributed by atoms with E-state index in [4.69, 9.17) is 18.0 Å². The molecule has 0 saturated carbocycles. The Bertz CT molecular complexity index is 698. The highest BCUT2D eigenvalue weighted by Gasteiger charge is 2.09. The number of thiazole rings is 1. The highest BCUT2D eigenvalue weighted by Crippen LogP contribution is 2.16. The van der Waals surface area contributed by atoms with Gasteiger partial charge in [-0.3, -0.25) is 9.36 Å². The highest BCUT2D eigenvalue weighted by molar-refractivity contribution is 7.80. The summed E-state index contributed by atoms with van der Waals surface area (Å²) in [5.41, 5.74) is 9.72. The fraction of sp³-hybridized carbons (Fsp3) is 0.286. The lowest BCUT2D eigenvalue weighted by Crippen LogP contribution is -2.16. The van der Waals surface area contributed by atoms with E-state index in [1.807, 2.05) is 43.5 Å². The van der Waals surface area contributed by atoms with E-state index in [1.54, 1.807) is 0 Å². The van der Waals surface area contributed by atoms with Gasteiger partial charge in [-0.1, -0.05) is 35.7 Å². The van der Waals surface area contributed by atoms with Crippen molar-refractivity contribution >= 4 is 28.5 Å². The third kappa shape index (κ3) is 2.77. The van der Waals surface area contributed by atoms with Gasteiger partial charge in [-0.25, -0.2) is 0 Å². The number of rotatable bonds is 3. The fourth-order valence-electron chi connectivity index (χ4n) is 1.97. The molecule has 2 rings (SSSR count). The van der Waals surface area contributed by atoms with E-state index in [2.05, 4.69) is 0 Å². The third-order valence-electron chi connectivity index (χ3n) is 3.33. The van der Waals surface area contributed by atoms with Gasteiger partial charge in [0.15, 0.2) is 0 Å². The Morgan fingerprint density at radius 1 is 1.37 bits per heavy atom. The average molecular weight is 292 g/mol. The average Bonchev–Trinajstić information content (AvgIpc) is 2.58. The molecule has 3 nitrogen and oxygen atoms in total. The molecule has 0 radical (unpaired) electrons. The zero-order chi connectivity index (χ0) is 14.2. The minimum absolute atomic E-state index is 0.0906. The van der Waals surface area contributed by atoms with Crippen molar-refractivity contribution in [3.05, 3.63) is 55.1 Å². The molecule has 1 heterocycles. The second-order valence-corrected chi connectivity index (χ2v) is 6.21. The van der Waals surface area contributed by atoms with Crippen LogP contribution in [0.3, 0.4) is 0 Å². The molecule has 0 aliphatic carbocycles. The van der Waals surface area contributed by atoms with Crippen LogP contribution in [-0.4, -0.2) is 9.56 Å². The van der Waals surface area contributed by atoms with E-state index in [0.717, 1.165) is 27.3 Å². The molecular formula is C14H16N2OS2. The quantitative estimate of drug-likeness (QED) is 0.884. The van der Waals surface area contributed by atoms with Crippen LogP contribution in [-0.2, 0) is 6.54 Å². The van der Waals surface area contributed by atoms with Gasteiger partial charge in [0.25, 0.3) is 0 Å². The van der Waals surface area contributed by atoms with Crippen LogP contribution in [0.25, 0.3) is 0 Å². The summed E-state index contributed by atoms with van der Waals surface area (Å²) in [6.45, 7) is 6.56. The van der Waals surface area contributed by atoms with Crippen molar-refractivity contribution in [2.75, 3.05) is 0 Å². The topological polar surface area (TPSA) is 48.0 Å². The number of aryl methyl sites for hydroxylation is 2.